The minimum Gasteiger partial charge on any atom is -0.468 e. The number of benzene rings is 2. The molecule has 0 saturated heterocycles. The average Bonchev–Trinajstić information content (AvgIpc) is 2.94. The standard InChI is InChI=1S/C24H28N2O5S/c1-3-31-24(29)18(14-13-17-9-5-4-6-10-17)25-19-16-32-21-12-8-7-11-20(21)26(23(19)28)15-22(27)30-2/h4-12,18-19,25H,3,13-16H2,1-2H3/t18-,19+/m1/s1. The molecule has 1 aliphatic rings. The molecule has 2 aromatic carbocycles. The lowest BCUT2D eigenvalue weighted by molar-refractivity contribution is -0.146. The van der Waals surface area contributed by atoms with Crippen LogP contribution in [-0.2, 0) is 30.3 Å². The van der Waals surface area contributed by atoms with Crippen LogP contribution in [0.1, 0.15) is 18.9 Å². The summed E-state index contributed by atoms with van der Waals surface area (Å²) < 4.78 is 10.1. The summed E-state index contributed by atoms with van der Waals surface area (Å²) in [5.74, 6) is -0.747. The Morgan fingerprint density at radius 1 is 1.16 bits per heavy atom. The van der Waals surface area contributed by atoms with Crippen LogP contribution in [-0.4, -0.2) is 55.9 Å². The van der Waals surface area contributed by atoms with Crippen LogP contribution in [0.2, 0.25) is 0 Å². The van der Waals surface area contributed by atoms with E-state index in [9.17, 15) is 14.4 Å². The van der Waals surface area contributed by atoms with E-state index in [0.29, 0.717) is 24.3 Å². The van der Waals surface area contributed by atoms with Gasteiger partial charge in [0.05, 0.1) is 25.4 Å². The van der Waals surface area contributed by atoms with Gasteiger partial charge in [-0.2, -0.15) is 0 Å². The van der Waals surface area contributed by atoms with Crippen LogP contribution in [0.5, 0.6) is 0 Å². The molecular weight excluding hydrogens is 428 g/mol. The Hall–Kier alpha value is -2.84. The first-order valence-corrected chi connectivity index (χ1v) is 11.6. The Bertz CT molecular complexity index is 937. The van der Waals surface area contributed by atoms with Crippen LogP contribution in [0.25, 0.3) is 0 Å². The molecule has 0 aromatic heterocycles. The molecule has 2 aromatic rings. The number of nitrogens with one attached hydrogen (secondary N) is 1. The van der Waals surface area contributed by atoms with E-state index in [4.69, 9.17) is 9.47 Å². The van der Waals surface area contributed by atoms with Crippen molar-refractivity contribution in [1.82, 2.24) is 5.32 Å². The van der Waals surface area contributed by atoms with Crippen molar-refractivity contribution in [2.45, 2.75) is 36.7 Å². The maximum absolute atomic E-state index is 13.4. The molecular formula is C24H28N2O5S. The molecule has 0 saturated carbocycles. The van der Waals surface area contributed by atoms with Gasteiger partial charge in [-0.25, -0.2) is 0 Å². The van der Waals surface area contributed by atoms with E-state index >= 15 is 0 Å². The number of carbonyl (C=O) groups is 3. The maximum atomic E-state index is 13.4. The average molecular weight is 457 g/mol. The third-order valence-electron chi connectivity index (χ3n) is 5.18. The van der Waals surface area contributed by atoms with Gasteiger partial charge in [-0.1, -0.05) is 42.5 Å². The van der Waals surface area contributed by atoms with Crippen LogP contribution >= 0.6 is 11.8 Å². The fourth-order valence-electron chi connectivity index (χ4n) is 3.54. The number of methoxy groups -OCH3 is 1. The number of anilines is 1. The van der Waals surface area contributed by atoms with E-state index in [1.54, 1.807) is 6.92 Å². The van der Waals surface area contributed by atoms with E-state index in [1.165, 1.54) is 23.8 Å². The first-order chi connectivity index (χ1) is 15.5. The number of esters is 2. The molecule has 0 fully saturated rings. The zero-order chi connectivity index (χ0) is 22.9. The van der Waals surface area contributed by atoms with Gasteiger partial charge in [-0.3, -0.25) is 24.6 Å². The fraction of sp³-hybridized carbons (Fsp3) is 0.375. The third kappa shape index (κ3) is 6.11. The first-order valence-electron chi connectivity index (χ1n) is 10.6. The molecule has 1 amide bonds. The molecule has 7 nitrogen and oxygen atoms in total. The summed E-state index contributed by atoms with van der Waals surface area (Å²) in [6, 6.07) is 16.0. The van der Waals surface area contributed by atoms with Gasteiger partial charge < -0.3 is 9.47 Å². The quantitative estimate of drug-likeness (QED) is 0.581. The maximum Gasteiger partial charge on any atom is 0.325 e. The lowest BCUT2D eigenvalue weighted by atomic mass is 10.0. The van der Waals surface area contributed by atoms with Crippen LogP contribution in [0.4, 0.5) is 5.69 Å². The predicted molar refractivity (Wildman–Crippen MR) is 124 cm³/mol. The first kappa shape index (κ1) is 23.8. The van der Waals surface area contributed by atoms with Crippen LogP contribution in [0.3, 0.4) is 0 Å². The van der Waals surface area contributed by atoms with Crippen LogP contribution < -0.4 is 10.2 Å². The fourth-order valence-corrected chi connectivity index (χ4v) is 4.63. The minimum absolute atomic E-state index is 0.195. The van der Waals surface area contributed by atoms with E-state index in [1.807, 2.05) is 54.6 Å². The molecule has 1 heterocycles. The number of para-hydroxylation sites is 1. The zero-order valence-corrected chi connectivity index (χ0v) is 19.1. The molecule has 0 radical (unpaired) electrons. The number of carbonyl (C=O) groups excluding carboxylic acids is 3. The third-order valence-corrected chi connectivity index (χ3v) is 6.33. The summed E-state index contributed by atoms with van der Waals surface area (Å²) in [5, 5.41) is 3.22. The minimum atomic E-state index is -0.665. The Morgan fingerprint density at radius 3 is 2.59 bits per heavy atom. The van der Waals surface area contributed by atoms with Gasteiger partial charge in [-0.05, 0) is 37.5 Å². The highest BCUT2D eigenvalue weighted by Gasteiger charge is 2.35. The second kappa shape index (κ2) is 11.7. The highest BCUT2D eigenvalue weighted by atomic mass is 32.2. The topological polar surface area (TPSA) is 84.9 Å². The summed E-state index contributed by atoms with van der Waals surface area (Å²) in [5.41, 5.74) is 1.76. The number of amides is 1. The van der Waals surface area contributed by atoms with Gasteiger partial charge >= 0.3 is 11.9 Å². The number of ether oxygens (including phenoxy) is 2. The lowest BCUT2D eigenvalue weighted by Crippen LogP contribution is -2.54. The van der Waals surface area contributed by atoms with Gasteiger partial charge in [0.15, 0.2) is 0 Å². The summed E-state index contributed by atoms with van der Waals surface area (Å²) in [4.78, 5) is 40.4. The molecule has 0 aliphatic carbocycles. The Morgan fingerprint density at radius 2 is 1.88 bits per heavy atom. The van der Waals surface area contributed by atoms with E-state index in [2.05, 4.69) is 5.32 Å². The SMILES string of the molecule is CCOC(=O)[C@@H](CCc1ccccc1)N[C@H]1CSc2ccccc2N(CC(=O)OC)C1=O. The Labute approximate surface area is 192 Å². The van der Waals surface area contributed by atoms with Crippen molar-refractivity contribution in [2.24, 2.45) is 0 Å². The molecule has 170 valence electrons. The summed E-state index contributed by atoms with van der Waals surface area (Å²) in [6.07, 6.45) is 1.15. The highest BCUT2D eigenvalue weighted by Crippen LogP contribution is 2.34. The van der Waals surface area contributed by atoms with Crippen LogP contribution in [0, 0.1) is 0 Å². The van der Waals surface area contributed by atoms with Crippen molar-refractivity contribution in [3.63, 3.8) is 0 Å². The van der Waals surface area contributed by atoms with E-state index in [0.717, 1.165) is 10.5 Å². The number of hydrogen-bond acceptors (Lipinski definition) is 7. The summed E-state index contributed by atoms with van der Waals surface area (Å²) >= 11 is 1.51. The second-order valence-electron chi connectivity index (χ2n) is 7.33. The molecule has 1 N–H and O–H groups in total. The van der Waals surface area contributed by atoms with Gasteiger partial charge in [0.2, 0.25) is 5.91 Å². The zero-order valence-electron chi connectivity index (χ0n) is 18.3. The van der Waals surface area contributed by atoms with Crippen molar-refractivity contribution >= 4 is 35.3 Å². The molecule has 1 aliphatic heterocycles. The van der Waals surface area contributed by atoms with Gasteiger partial charge in [0, 0.05) is 10.6 Å². The smallest absolute Gasteiger partial charge is 0.325 e. The molecule has 8 heteroatoms. The number of fused-ring (bicyclic) bond motifs is 1. The largest absolute Gasteiger partial charge is 0.468 e. The number of aryl methyl sites for hydroxylation is 1. The number of thioether (sulfide) groups is 1. The number of hydrogen-bond donors (Lipinski definition) is 1. The Kier molecular flexibility index (Phi) is 8.70. The van der Waals surface area contributed by atoms with Gasteiger partial charge in [0.1, 0.15) is 12.6 Å². The number of nitrogens with zero attached hydrogens (tertiary/aromatic N) is 1. The molecule has 2 atom stereocenters. The van der Waals surface area contributed by atoms with Crippen molar-refractivity contribution < 1.29 is 23.9 Å². The van der Waals surface area contributed by atoms with E-state index in [-0.39, 0.29) is 25.0 Å². The van der Waals surface area contributed by atoms with Crippen molar-refractivity contribution in [3.05, 3.63) is 60.2 Å². The molecule has 32 heavy (non-hydrogen) atoms. The van der Waals surface area contributed by atoms with Crippen molar-refractivity contribution in [2.75, 3.05) is 30.9 Å². The monoisotopic (exact) mass is 456 g/mol. The van der Waals surface area contributed by atoms with Gasteiger partial charge in [-0.15, -0.1) is 11.8 Å². The summed E-state index contributed by atoms with van der Waals surface area (Å²) in [6.45, 7) is 1.82. The number of rotatable bonds is 9. The lowest BCUT2D eigenvalue weighted by Gasteiger charge is -2.27. The van der Waals surface area contributed by atoms with Crippen molar-refractivity contribution in [3.8, 4) is 0 Å². The predicted octanol–water partition coefficient (Wildman–Crippen LogP) is 2.82. The highest BCUT2D eigenvalue weighted by molar-refractivity contribution is 7.99. The Balaban J connectivity index is 1.80. The van der Waals surface area contributed by atoms with Gasteiger partial charge in [0.25, 0.3) is 0 Å². The molecule has 0 spiro atoms. The normalized spacial score (nSPS) is 16.6. The van der Waals surface area contributed by atoms with Crippen molar-refractivity contribution in [1.29, 1.82) is 0 Å². The molecule has 0 bridgehead atoms. The second-order valence-corrected chi connectivity index (χ2v) is 8.39. The molecule has 0 unspecified atom stereocenters. The molecule has 3 rings (SSSR count). The summed E-state index contributed by atoms with van der Waals surface area (Å²) in [7, 11) is 1.29. The van der Waals surface area contributed by atoms with E-state index < -0.39 is 18.1 Å². The van der Waals surface area contributed by atoms with Crippen LogP contribution in [0.15, 0.2) is 59.5 Å².